The van der Waals surface area contributed by atoms with Crippen molar-refractivity contribution in [1.82, 2.24) is 5.32 Å². The van der Waals surface area contributed by atoms with Gasteiger partial charge in [0.1, 0.15) is 5.60 Å². The van der Waals surface area contributed by atoms with E-state index in [9.17, 15) is 4.79 Å². The lowest BCUT2D eigenvalue weighted by Crippen LogP contribution is -2.33. The molecule has 22 heavy (non-hydrogen) atoms. The first-order chi connectivity index (χ1) is 10.4. The van der Waals surface area contributed by atoms with Crippen molar-refractivity contribution in [2.45, 2.75) is 39.2 Å². The Morgan fingerprint density at radius 3 is 2.55 bits per heavy atom. The summed E-state index contributed by atoms with van der Waals surface area (Å²) in [5, 5.41) is 5.73. The molecule has 6 heteroatoms. The van der Waals surface area contributed by atoms with Crippen LogP contribution in [0.2, 0.25) is 0 Å². The fourth-order valence-electron chi connectivity index (χ4n) is 1.65. The highest BCUT2D eigenvalue weighted by molar-refractivity contribution is 5.92. The third-order valence-corrected chi connectivity index (χ3v) is 2.58. The quantitative estimate of drug-likeness (QED) is 0.428. The molecule has 4 N–H and O–H groups in total. The maximum absolute atomic E-state index is 11.4. The van der Waals surface area contributed by atoms with Gasteiger partial charge < -0.3 is 21.1 Å². The van der Waals surface area contributed by atoms with E-state index in [1.807, 2.05) is 51.1 Å². The van der Waals surface area contributed by atoms with E-state index in [0.29, 0.717) is 19.0 Å². The lowest BCUT2D eigenvalue weighted by molar-refractivity contribution is 0.0527. The molecule has 1 amide bonds. The minimum atomic E-state index is -0.466. The fourth-order valence-corrected chi connectivity index (χ4v) is 1.65. The molecule has 0 unspecified atom stereocenters. The molecule has 0 aliphatic rings. The summed E-state index contributed by atoms with van der Waals surface area (Å²) in [6.07, 6.45) is 1.27. The SMILES string of the molecule is CC(C)(C)OC(=O)NCCCCN=C(N)Nc1ccccc1. The van der Waals surface area contributed by atoms with Crippen LogP contribution in [-0.2, 0) is 4.74 Å². The van der Waals surface area contributed by atoms with Crippen LogP contribution in [0.15, 0.2) is 35.3 Å². The molecule has 0 heterocycles. The number of carbonyl (C=O) groups excluding carboxylic acids is 1. The highest BCUT2D eigenvalue weighted by Gasteiger charge is 2.15. The van der Waals surface area contributed by atoms with Gasteiger partial charge in [-0.1, -0.05) is 18.2 Å². The highest BCUT2D eigenvalue weighted by Crippen LogP contribution is 2.06. The minimum absolute atomic E-state index is 0.388. The molecule has 1 aromatic rings. The Hall–Kier alpha value is -2.24. The summed E-state index contributed by atoms with van der Waals surface area (Å²) in [5.41, 5.74) is 6.23. The first-order valence-corrected chi connectivity index (χ1v) is 7.46. The van der Waals surface area contributed by atoms with E-state index < -0.39 is 5.60 Å². The summed E-state index contributed by atoms with van der Waals surface area (Å²) in [5.74, 6) is 0.395. The summed E-state index contributed by atoms with van der Waals surface area (Å²) >= 11 is 0. The number of alkyl carbamates (subject to hydrolysis) is 1. The van der Waals surface area contributed by atoms with E-state index in [-0.39, 0.29) is 6.09 Å². The minimum Gasteiger partial charge on any atom is -0.444 e. The lowest BCUT2D eigenvalue weighted by atomic mass is 10.2. The predicted octanol–water partition coefficient (Wildman–Crippen LogP) is 2.72. The second-order valence-electron chi connectivity index (χ2n) is 5.89. The molecule has 0 atom stereocenters. The van der Waals surface area contributed by atoms with Gasteiger partial charge in [0.2, 0.25) is 0 Å². The van der Waals surface area contributed by atoms with Crippen LogP contribution in [0.3, 0.4) is 0 Å². The Labute approximate surface area is 132 Å². The van der Waals surface area contributed by atoms with E-state index >= 15 is 0 Å². The maximum atomic E-state index is 11.4. The topological polar surface area (TPSA) is 88.7 Å². The van der Waals surface area contributed by atoms with Crippen LogP contribution >= 0.6 is 0 Å². The van der Waals surface area contributed by atoms with Gasteiger partial charge in [-0.15, -0.1) is 0 Å². The number of rotatable bonds is 6. The smallest absolute Gasteiger partial charge is 0.407 e. The molecular formula is C16H26N4O2. The van der Waals surface area contributed by atoms with Gasteiger partial charge in [-0.05, 0) is 45.7 Å². The van der Waals surface area contributed by atoms with Crippen molar-refractivity contribution in [1.29, 1.82) is 0 Å². The molecule has 0 saturated carbocycles. The van der Waals surface area contributed by atoms with Gasteiger partial charge in [0, 0.05) is 18.8 Å². The Balaban J connectivity index is 2.12. The molecule has 1 aromatic carbocycles. The maximum Gasteiger partial charge on any atom is 0.407 e. The number of ether oxygens (including phenoxy) is 1. The van der Waals surface area contributed by atoms with Crippen molar-refractivity contribution >= 4 is 17.7 Å². The Kier molecular flexibility index (Phi) is 7.22. The molecule has 0 bridgehead atoms. The zero-order valence-electron chi connectivity index (χ0n) is 13.6. The van der Waals surface area contributed by atoms with Crippen molar-refractivity contribution < 1.29 is 9.53 Å². The van der Waals surface area contributed by atoms with Crippen LogP contribution in [0.4, 0.5) is 10.5 Å². The number of nitrogens with two attached hydrogens (primary N) is 1. The van der Waals surface area contributed by atoms with Gasteiger partial charge >= 0.3 is 6.09 Å². The van der Waals surface area contributed by atoms with Gasteiger partial charge in [0.05, 0.1) is 0 Å². The number of anilines is 1. The van der Waals surface area contributed by atoms with Crippen molar-refractivity contribution in [3.05, 3.63) is 30.3 Å². The number of hydrogen-bond donors (Lipinski definition) is 3. The molecule has 0 aromatic heterocycles. The van der Waals surface area contributed by atoms with Crippen molar-refractivity contribution in [3.63, 3.8) is 0 Å². The molecule has 1 rings (SSSR count). The molecular weight excluding hydrogens is 280 g/mol. The number of para-hydroxylation sites is 1. The van der Waals surface area contributed by atoms with E-state index in [2.05, 4.69) is 15.6 Å². The van der Waals surface area contributed by atoms with Gasteiger partial charge in [-0.25, -0.2) is 4.79 Å². The van der Waals surface area contributed by atoms with E-state index in [0.717, 1.165) is 18.5 Å². The van der Waals surface area contributed by atoms with E-state index in [1.54, 1.807) is 0 Å². The first kappa shape index (κ1) is 17.8. The van der Waals surface area contributed by atoms with Crippen molar-refractivity contribution in [2.24, 2.45) is 10.7 Å². The van der Waals surface area contributed by atoms with Crippen LogP contribution < -0.4 is 16.4 Å². The summed E-state index contributed by atoms with van der Waals surface area (Å²) in [7, 11) is 0. The van der Waals surface area contributed by atoms with Gasteiger partial charge in [0.25, 0.3) is 0 Å². The molecule has 122 valence electrons. The molecule has 0 aliphatic heterocycles. The average molecular weight is 306 g/mol. The largest absolute Gasteiger partial charge is 0.444 e. The van der Waals surface area contributed by atoms with Crippen LogP contribution in [-0.4, -0.2) is 30.7 Å². The number of nitrogens with zero attached hydrogens (tertiary/aromatic N) is 1. The zero-order valence-corrected chi connectivity index (χ0v) is 13.6. The Morgan fingerprint density at radius 1 is 1.23 bits per heavy atom. The third kappa shape index (κ3) is 8.84. The van der Waals surface area contributed by atoms with Crippen LogP contribution in [0.5, 0.6) is 0 Å². The highest BCUT2D eigenvalue weighted by atomic mass is 16.6. The average Bonchev–Trinajstić information content (AvgIpc) is 2.42. The van der Waals surface area contributed by atoms with Gasteiger partial charge in [-0.3, -0.25) is 4.99 Å². The summed E-state index contributed by atoms with van der Waals surface area (Å²) in [6, 6.07) is 9.65. The standard InChI is InChI=1S/C16H26N4O2/c1-16(2,3)22-15(21)19-12-8-7-11-18-14(17)20-13-9-5-4-6-10-13/h4-6,9-10H,7-8,11-12H2,1-3H3,(H,19,21)(H3,17,18,20). The molecule has 0 aliphatic carbocycles. The summed E-state index contributed by atoms with van der Waals surface area (Å²) in [6.45, 7) is 6.69. The van der Waals surface area contributed by atoms with Crippen LogP contribution in [0.1, 0.15) is 33.6 Å². The zero-order chi connectivity index (χ0) is 16.4. The second-order valence-corrected chi connectivity index (χ2v) is 5.89. The number of amides is 1. The predicted molar refractivity (Wildman–Crippen MR) is 90.0 cm³/mol. The van der Waals surface area contributed by atoms with E-state index in [4.69, 9.17) is 10.5 Å². The number of nitrogens with one attached hydrogen (secondary N) is 2. The van der Waals surface area contributed by atoms with Crippen LogP contribution in [0.25, 0.3) is 0 Å². The third-order valence-electron chi connectivity index (χ3n) is 2.58. The molecule has 0 fully saturated rings. The molecule has 6 nitrogen and oxygen atoms in total. The summed E-state index contributed by atoms with van der Waals surface area (Å²) in [4.78, 5) is 15.6. The second kappa shape index (κ2) is 8.92. The molecule has 0 radical (unpaired) electrons. The monoisotopic (exact) mass is 306 g/mol. The number of benzene rings is 1. The molecule has 0 saturated heterocycles. The number of aliphatic imine (C=N–C) groups is 1. The van der Waals surface area contributed by atoms with Crippen molar-refractivity contribution in [2.75, 3.05) is 18.4 Å². The Morgan fingerprint density at radius 2 is 1.91 bits per heavy atom. The molecule has 0 spiro atoms. The first-order valence-electron chi connectivity index (χ1n) is 7.46. The van der Waals surface area contributed by atoms with Gasteiger partial charge in [0.15, 0.2) is 5.96 Å². The number of hydrogen-bond acceptors (Lipinski definition) is 3. The summed E-state index contributed by atoms with van der Waals surface area (Å²) < 4.78 is 5.14. The number of carbonyl (C=O) groups is 1. The fraction of sp³-hybridized carbons (Fsp3) is 0.500. The lowest BCUT2D eigenvalue weighted by Gasteiger charge is -2.19. The number of guanidine groups is 1. The Bertz CT molecular complexity index is 481. The van der Waals surface area contributed by atoms with Crippen LogP contribution in [0, 0.1) is 0 Å². The van der Waals surface area contributed by atoms with Gasteiger partial charge in [-0.2, -0.15) is 0 Å². The normalized spacial score (nSPS) is 11.9. The van der Waals surface area contributed by atoms with Crippen molar-refractivity contribution in [3.8, 4) is 0 Å². The number of unbranched alkanes of at least 4 members (excludes halogenated alkanes) is 1. The van der Waals surface area contributed by atoms with E-state index in [1.165, 1.54) is 0 Å².